The normalized spacial score (nSPS) is 12.5. The Morgan fingerprint density at radius 1 is 1.37 bits per heavy atom. The minimum Gasteiger partial charge on any atom is -0.325 e. The van der Waals surface area contributed by atoms with E-state index in [-0.39, 0.29) is 6.04 Å². The van der Waals surface area contributed by atoms with Crippen molar-refractivity contribution in [3.8, 4) is 6.07 Å². The van der Waals surface area contributed by atoms with Crippen LogP contribution in [-0.2, 0) is 13.0 Å². The van der Waals surface area contributed by atoms with Gasteiger partial charge in [-0.05, 0) is 25.1 Å². The summed E-state index contributed by atoms with van der Waals surface area (Å²) < 4.78 is 2.18. The predicted molar refractivity (Wildman–Crippen MR) is 76.8 cm³/mol. The van der Waals surface area contributed by atoms with Crippen molar-refractivity contribution >= 4 is 11.0 Å². The summed E-state index contributed by atoms with van der Waals surface area (Å²) in [6.45, 7) is 5.62. The van der Waals surface area contributed by atoms with Crippen molar-refractivity contribution < 1.29 is 0 Å². The molecule has 4 nitrogen and oxygen atoms in total. The summed E-state index contributed by atoms with van der Waals surface area (Å²) >= 11 is 0. The summed E-state index contributed by atoms with van der Waals surface area (Å²) in [6.07, 6.45) is 2.00. The number of hydrogen-bond donors (Lipinski definition) is 1. The number of rotatable bonds is 6. The van der Waals surface area contributed by atoms with Crippen molar-refractivity contribution in [2.24, 2.45) is 0 Å². The second-order valence-electron chi connectivity index (χ2n) is 4.62. The zero-order valence-electron chi connectivity index (χ0n) is 11.6. The number of likely N-dealkylation sites (N-methyl/N-ethyl adjacent to an activating group) is 1. The van der Waals surface area contributed by atoms with Gasteiger partial charge in [0.05, 0.1) is 23.6 Å². The summed E-state index contributed by atoms with van der Waals surface area (Å²) in [5.74, 6) is 1.07. The molecule has 1 atom stereocenters. The number of para-hydroxylation sites is 2. The molecule has 0 spiro atoms. The zero-order valence-corrected chi connectivity index (χ0v) is 11.6. The van der Waals surface area contributed by atoms with Crippen molar-refractivity contribution in [2.75, 3.05) is 6.54 Å². The first-order chi connectivity index (χ1) is 9.30. The molecule has 4 heteroatoms. The highest BCUT2D eigenvalue weighted by molar-refractivity contribution is 5.75. The van der Waals surface area contributed by atoms with Crippen LogP contribution in [0.25, 0.3) is 11.0 Å². The van der Waals surface area contributed by atoms with Gasteiger partial charge in [-0.1, -0.05) is 26.0 Å². The Balaban J connectivity index is 2.38. The molecule has 0 aliphatic rings. The lowest BCUT2D eigenvalue weighted by Crippen LogP contribution is -2.32. The number of nitrogens with one attached hydrogen (secondary N) is 1. The van der Waals surface area contributed by atoms with Crippen molar-refractivity contribution in [3.63, 3.8) is 0 Å². The fraction of sp³-hybridized carbons (Fsp3) is 0.467. The fourth-order valence-electron chi connectivity index (χ4n) is 2.32. The van der Waals surface area contributed by atoms with Gasteiger partial charge >= 0.3 is 0 Å². The monoisotopic (exact) mass is 256 g/mol. The van der Waals surface area contributed by atoms with Gasteiger partial charge in [0.1, 0.15) is 11.9 Å². The first kappa shape index (κ1) is 13.6. The van der Waals surface area contributed by atoms with E-state index in [2.05, 4.69) is 33.9 Å². The minimum absolute atomic E-state index is 0.168. The maximum absolute atomic E-state index is 9.20. The Hall–Kier alpha value is -1.86. The Kier molecular flexibility index (Phi) is 4.53. The first-order valence-electron chi connectivity index (χ1n) is 6.87. The molecule has 0 aliphatic heterocycles. The van der Waals surface area contributed by atoms with E-state index in [0.29, 0.717) is 6.54 Å². The lowest BCUT2D eigenvalue weighted by molar-refractivity contribution is 0.529. The Morgan fingerprint density at radius 3 is 2.84 bits per heavy atom. The van der Waals surface area contributed by atoms with Crippen LogP contribution in [0.4, 0.5) is 0 Å². The van der Waals surface area contributed by atoms with Crippen molar-refractivity contribution in [3.05, 3.63) is 30.1 Å². The summed E-state index contributed by atoms with van der Waals surface area (Å²) in [5, 5.41) is 12.4. The number of imidazole rings is 1. The molecule has 19 heavy (non-hydrogen) atoms. The van der Waals surface area contributed by atoms with Crippen LogP contribution in [0.15, 0.2) is 24.3 Å². The van der Waals surface area contributed by atoms with Crippen LogP contribution in [0.2, 0.25) is 0 Å². The van der Waals surface area contributed by atoms with Gasteiger partial charge in [0.15, 0.2) is 0 Å². The van der Waals surface area contributed by atoms with Gasteiger partial charge in [0.2, 0.25) is 0 Å². The zero-order chi connectivity index (χ0) is 13.7. The van der Waals surface area contributed by atoms with E-state index in [1.54, 1.807) is 0 Å². The van der Waals surface area contributed by atoms with E-state index in [1.807, 2.05) is 25.1 Å². The molecule has 1 unspecified atom stereocenters. The van der Waals surface area contributed by atoms with Crippen molar-refractivity contribution in [1.82, 2.24) is 14.9 Å². The number of fused-ring (bicyclic) bond motifs is 1. The van der Waals surface area contributed by atoms with Crippen LogP contribution >= 0.6 is 0 Å². The number of nitrogens with zero attached hydrogens (tertiary/aromatic N) is 3. The lowest BCUT2D eigenvalue weighted by Gasteiger charge is -2.14. The van der Waals surface area contributed by atoms with E-state index >= 15 is 0 Å². The molecule has 100 valence electrons. The number of benzene rings is 1. The van der Waals surface area contributed by atoms with Crippen molar-refractivity contribution in [1.29, 1.82) is 5.26 Å². The molecule has 1 heterocycles. The van der Waals surface area contributed by atoms with E-state index in [1.165, 1.54) is 0 Å². The maximum Gasteiger partial charge on any atom is 0.113 e. The molecule has 1 aromatic heterocycles. The van der Waals surface area contributed by atoms with Crippen LogP contribution in [-0.4, -0.2) is 22.1 Å². The quantitative estimate of drug-likeness (QED) is 0.864. The van der Waals surface area contributed by atoms with Crippen LogP contribution in [0, 0.1) is 11.3 Å². The summed E-state index contributed by atoms with van der Waals surface area (Å²) in [5.41, 5.74) is 2.13. The van der Waals surface area contributed by atoms with Crippen LogP contribution in [0.1, 0.15) is 26.1 Å². The number of aryl methyl sites for hydroxylation is 1. The third-order valence-corrected chi connectivity index (χ3v) is 3.18. The van der Waals surface area contributed by atoms with Gasteiger partial charge in [-0.2, -0.15) is 5.26 Å². The SMILES string of the molecule is CCCc1nc2ccccc2n1CC(C#N)NCC. The highest BCUT2D eigenvalue weighted by atomic mass is 15.1. The molecule has 0 saturated heterocycles. The number of hydrogen-bond acceptors (Lipinski definition) is 3. The highest BCUT2D eigenvalue weighted by Gasteiger charge is 2.14. The van der Waals surface area contributed by atoms with Gasteiger partial charge in [-0.15, -0.1) is 0 Å². The third kappa shape index (κ3) is 2.94. The molecule has 1 aromatic carbocycles. The van der Waals surface area contributed by atoms with Crippen LogP contribution in [0.3, 0.4) is 0 Å². The maximum atomic E-state index is 9.20. The molecule has 0 fully saturated rings. The van der Waals surface area contributed by atoms with Gasteiger partial charge < -0.3 is 9.88 Å². The highest BCUT2D eigenvalue weighted by Crippen LogP contribution is 2.17. The molecule has 1 N–H and O–H groups in total. The Morgan fingerprint density at radius 2 is 2.16 bits per heavy atom. The third-order valence-electron chi connectivity index (χ3n) is 3.18. The van der Waals surface area contributed by atoms with Crippen LogP contribution < -0.4 is 5.32 Å². The summed E-state index contributed by atoms with van der Waals surface area (Å²) in [6, 6.07) is 10.3. The van der Waals surface area contributed by atoms with E-state index in [9.17, 15) is 5.26 Å². The topological polar surface area (TPSA) is 53.6 Å². The van der Waals surface area contributed by atoms with E-state index in [0.717, 1.165) is 36.2 Å². The standard InChI is InChI=1S/C15H20N4/c1-3-7-15-18-13-8-5-6-9-14(13)19(15)11-12(10-16)17-4-2/h5-6,8-9,12,17H,3-4,7,11H2,1-2H3. The predicted octanol–water partition coefficient (Wildman–Crippen LogP) is 2.49. The lowest BCUT2D eigenvalue weighted by atomic mass is 10.2. The van der Waals surface area contributed by atoms with Gasteiger partial charge in [0.25, 0.3) is 0 Å². The molecular weight excluding hydrogens is 236 g/mol. The summed E-state index contributed by atoms with van der Waals surface area (Å²) in [4.78, 5) is 4.68. The number of aromatic nitrogens is 2. The molecule has 0 aliphatic carbocycles. The largest absolute Gasteiger partial charge is 0.325 e. The number of nitriles is 1. The molecule has 2 aromatic rings. The van der Waals surface area contributed by atoms with Crippen LogP contribution in [0.5, 0.6) is 0 Å². The van der Waals surface area contributed by atoms with E-state index < -0.39 is 0 Å². The van der Waals surface area contributed by atoms with Crippen molar-refractivity contribution in [2.45, 2.75) is 39.3 Å². The minimum atomic E-state index is -0.168. The Labute approximate surface area is 114 Å². The fourth-order valence-corrected chi connectivity index (χ4v) is 2.32. The first-order valence-corrected chi connectivity index (χ1v) is 6.87. The summed E-state index contributed by atoms with van der Waals surface area (Å²) in [7, 11) is 0. The molecule has 0 saturated carbocycles. The molecule has 0 radical (unpaired) electrons. The van der Waals surface area contributed by atoms with E-state index in [4.69, 9.17) is 0 Å². The second-order valence-corrected chi connectivity index (χ2v) is 4.62. The molecule has 0 bridgehead atoms. The average molecular weight is 256 g/mol. The molecule has 2 rings (SSSR count). The molecular formula is C15H20N4. The molecule has 0 amide bonds. The second kappa shape index (κ2) is 6.35. The van der Waals surface area contributed by atoms with Gasteiger partial charge in [0, 0.05) is 6.42 Å². The Bertz CT molecular complexity index is 579. The average Bonchev–Trinajstić information content (AvgIpc) is 2.77. The van der Waals surface area contributed by atoms with Gasteiger partial charge in [-0.3, -0.25) is 0 Å². The van der Waals surface area contributed by atoms with Gasteiger partial charge in [-0.25, -0.2) is 4.98 Å². The smallest absolute Gasteiger partial charge is 0.113 e.